The van der Waals surface area contributed by atoms with E-state index in [1.54, 1.807) is 18.2 Å². The number of aromatic nitrogens is 2. The van der Waals surface area contributed by atoms with Crippen molar-refractivity contribution in [2.24, 2.45) is 0 Å². The highest BCUT2D eigenvalue weighted by atomic mass is 35.5. The lowest BCUT2D eigenvalue weighted by atomic mass is 10.3. The highest BCUT2D eigenvalue weighted by Gasteiger charge is 2.18. The normalized spacial score (nSPS) is 10.3. The molecule has 0 saturated heterocycles. The van der Waals surface area contributed by atoms with Crippen LogP contribution >= 0.6 is 34.8 Å². The molecule has 0 radical (unpaired) electrons. The van der Waals surface area contributed by atoms with Crippen LogP contribution in [-0.4, -0.2) is 14.9 Å². The van der Waals surface area contributed by atoms with Crippen LogP contribution in [0.2, 0.25) is 15.3 Å². The zero-order chi connectivity index (χ0) is 14.0. The van der Waals surface area contributed by atoms with Crippen molar-refractivity contribution in [2.75, 3.05) is 5.32 Å². The molecular formula is C10H5Cl3N4O2. The quantitative estimate of drug-likeness (QED) is 0.523. The summed E-state index contributed by atoms with van der Waals surface area (Å²) in [6.07, 6.45) is 1.00. The molecule has 0 unspecified atom stereocenters. The van der Waals surface area contributed by atoms with Gasteiger partial charge in [-0.2, -0.15) is 4.98 Å². The van der Waals surface area contributed by atoms with Gasteiger partial charge in [-0.1, -0.05) is 29.3 Å². The van der Waals surface area contributed by atoms with Gasteiger partial charge in [-0.05, 0) is 23.7 Å². The number of nitro groups is 1. The van der Waals surface area contributed by atoms with Gasteiger partial charge in [0.2, 0.25) is 11.1 Å². The maximum absolute atomic E-state index is 10.9. The van der Waals surface area contributed by atoms with Gasteiger partial charge in [-0.15, -0.1) is 0 Å². The molecule has 0 fully saturated rings. The van der Waals surface area contributed by atoms with Gasteiger partial charge in [0.15, 0.2) is 0 Å². The molecule has 0 aliphatic carbocycles. The lowest BCUT2D eigenvalue weighted by Crippen LogP contribution is -2.02. The summed E-state index contributed by atoms with van der Waals surface area (Å²) in [6, 6.07) is 4.83. The SMILES string of the molecule is O=[N+]([O-])c1cnc(Cl)nc1Nc1c(Cl)cccc1Cl. The lowest BCUT2D eigenvalue weighted by molar-refractivity contribution is -0.384. The molecule has 6 nitrogen and oxygen atoms in total. The fourth-order valence-corrected chi connectivity index (χ4v) is 1.94. The maximum Gasteiger partial charge on any atom is 0.329 e. The minimum Gasteiger partial charge on any atom is -0.332 e. The number of nitrogens with one attached hydrogen (secondary N) is 1. The Bertz CT molecular complexity index is 630. The molecule has 0 aliphatic rings. The third-order valence-electron chi connectivity index (χ3n) is 2.14. The van der Waals surface area contributed by atoms with Crippen molar-refractivity contribution >= 4 is 52.0 Å². The Kier molecular flexibility index (Phi) is 4.04. The fourth-order valence-electron chi connectivity index (χ4n) is 1.32. The van der Waals surface area contributed by atoms with Crippen LogP contribution in [0.15, 0.2) is 24.4 Å². The molecule has 0 saturated carbocycles. The van der Waals surface area contributed by atoms with Gasteiger partial charge in [0.25, 0.3) is 0 Å². The molecule has 0 spiro atoms. The van der Waals surface area contributed by atoms with Crippen molar-refractivity contribution in [1.82, 2.24) is 9.97 Å². The molecule has 0 amide bonds. The smallest absolute Gasteiger partial charge is 0.329 e. The first-order valence-electron chi connectivity index (χ1n) is 4.87. The Labute approximate surface area is 122 Å². The lowest BCUT2D eigenvalue weighted by Gasteiger charge is -2.09. The predicted molar refractivity (Wildman–Crippen MR) is 73.4 cm³/mol. The van der Waals surface area contributed by atoms with Crippen molar-refractivity contribution < 1.29 is 4.92 Å². The van der Waals surface area contributed by atoms with E-state index < -0.39 is 4.92 Å². The van der Waals surface area contributed by atoms with Gasteiger partial charge in [0, 0.05) is 0 Å². The Hall–Kier alpha value is -1.63. The summed E-state index contributed by atoms with van der Waals surface area (Å²) in [5.74, 6) is -0.0833. The van der Waals surface area contributed by atoms with Crippen molar-refractivity contribution in [3.63, 3.8) is 0 Å². The van der Waals surface area contributed by atoms with Crippen LogP contribution in [0.4, 0.5) is 17.2 Å². The number of hydrogen-bond donors (Lipinski definition) is 1. The van der Waals surface area contributed by atoms with Crippen LogP contribution in [-0.2, 0) is 0 Å². The number of hydrogen-bond acceptors (Lipinski definition) is 5. The number of halogens is 3. The van der Waals surface area contributed by atoms with E-state index in [1.807, 2.05) is 0 Å². The summed E-state index contributed by atoms with van der Waals surface area (Å²) < 4.78 is 0. The summed E-state index contributed by atoms with van der Waals surface area (Å²) >= 11 is 17.5. The maximum atomic E-state index is 10.9. The van der Waals surface area contributed by atoms with Crippen LogP contribution in [0.25, 0.3) is 0 Å². The van der Waals surface area contributed by atoms with Gasteiger partial charge in [-0.25, -0.2) is 4.98 Å². The fraction of sp³-hybridized carbons (Fsp3) is 0. The number of nitrogens with zero attached hydrogens (tertiary/aromatic N) is 3. The molecule has 1 N–H and O–H groups in total. The van der Waals surface area contributed by atoms with Crippen molar-refractivity contribution in [3.05, 3.63) is 49.8 Å². The van der Waals surface area contributed by atoms with E-state index in [4.69, 9.17) is 34.8 Å². The molecule has 1 aromatic carbocycles. The van der Waals surface area contributed by atoms with E-state index in [1.165, 1.54) is 0 Å². The predicted octanol–water partition coefficient (Wildman–Crippen LogP) is 4.09. The molecule has 19 heavy (non-hydrogen) atoms. The van der Waals surface area contributed by atoms with Crippen LogP contribution in [0.5, 0.6) is 0 Å². The van der Waals surface area contributed by atoms with Gasteiger partial charge in [0.05, 0.1) is 20.7 Å². The van der Waals surface area contributed by atoms with Crippen molar-refractivity contribution in [1.29, 1.82) is 0 Å². The number of rotatable bonds is 3. The molecule has 9 heteroatoms. The summed E-state index contributed by atoms with van der Waals surface area (Å²) in [6.45, 7) is 0. The zero-order valence-corrected chi connectivity index (χ0v) is 11.4. The first kappa shape index (κ1) is 13.8. The first-order valence-corrected chi connectivity index (χ1v) is 6.00. The standard InChI is InChI=1S/C10H5Cl3N4O2/c11-5-2-1-3-6(12)8(5)15-9-7(17(18)19)4-14-10(13)16-9/h1-4H,(H,14,15,16). The van der Waals surface area contributed by atoms with Crippen molar-refractivity contribution in [3.8, 4) is 0 Å². The summed E-state index contributed by atoms with van der Waals surface area (Å²) in [5, 5.41) is 14.0. The number of para-hydroxylation sites is 1. The van der Waals surface area contributed by atoms with Gasteiger partial charge >= 0.3 is 5.69 Å². The average Bonchev–Trinajstić information content (AvgIpc) is 2.33. The Morgan fingerprint density at radius 2 is 1.84 bits per heavy atom. The molecular weight excluding hydrogens is 314 g/mol. The summed E-state index contributed by atoms with van der Waals surface area (Å²) in [4.78, 5) is 17.5. The second-order valence-corrected chi connectivity index (χ2v) is 4.50. The van der Waals surface area contributed by atoms with Crippen LogP contribution < -0.4 is 5.32 Å². The monoisotopic (exact) mass is 318 g/mol. The second-order valence-electron chi connectivity index (χ2n) is 3.35. The van der Waals surface area contributed by atoms with E-state index in [0.29, 0.717) is 15.7 Å². The van der Waals surface area contributed by atoms with Crippen LogP contribution in [0.1, 0.15) is 0 Å². The van der Waals surface area contributed by atoms with Gasteiger partial charge < -0.3 is 5.32 Å². The van der Waals surface area contributed by atoms with Gasteiger partial charge in [-0.3, -0.25) is 10.1 Å². The third kappa shape index (κ3) is 3.04. The number of anilines is 2. The molecule has 2 aromatic rings. The summed E-state index contributed by atoms with van der Waals surface area (Å²) in [5.41, 5.74) is -0.0240. The van der Waals surface area contributed by atoms with E-state index in [-0.39, 0.29) is 16.8 Å². The van der Waals surface area contributed by atoms with E-state index in [2.05, 4.69) is 15.3 Å². The van der Waals surface area contributed by atoms with Gasteiger partial charge in [0.1, 0.15) is 6.20 Å². The second kappa shape index (κ2) is 5.56. The number of benzene rings is 1. The molecule has 1 aromatic heterocycles. The minimum atomic E-state index is -0.636. The average molecular weight is 320 g/mol. The Balaban J connectivity index is 2.49. The molecule has 2 rings (SSSR count). The third-order valence-corrected chi connectivity index (χ3v) is 2.95. The van der Waals surface area contributed by atoms with E-state index in [0.717, 1.165) is 6.20 Å². The highest BCUT2D eigenvalue weighted by molar-refractivity contribution is 6.39. The molecule has 98 valence electrons. The Morgan fingerprint density at radius 3 is 2.42 bits per heavy atom. The van der Waals surface area contributed by atoms with Crippen LogP contribution in [0.3, 0.4) is 0 Å². The summed E-state index contributed by atoms with van der Waals surface area (Å²) in [7, 11) is 0. The van der Waals surface area contributed by atoms with E-state index in [9.17, 15) is 10.1 Å². The molecule has 0 aliphatic heterocycles. The highest BCUT2D eigenvalue weighted by Crippen LogP contribution is 2.34. The topological polar surface area (TPSA) is 81.0 Å². The van der Waals surface area contributed by atoms with Crippen LogP contribution in [0, 0.1) is 10.1 Å². The van der Waals surface area contributed by atoms with Crippen molar-refractivity contribution in [2.45, 2.75) is 0 Å². The zero-order valence-electron chi connectivity index (χ0n) is 9.10. The molecule has 0 bridgehead atoms. The molecule has 1 heterocycles. The van der Waals surface area contributed by atoms with E-state index >= 15 is 0 Å². The Morgan fingerprint density at radius 1 is 1.21 bits per heavy atom. The minimum absolute atomic E-state index is 0.0833. The molecule has 0 atom stereocenters. The first-order chi connectivity index (χ1) is 8.99. The largest absolute Gasteiger partial charge is 0.332 e.